The molecule has 186 valence electrons. The molecule has 1 heterocycles. The number of carbonyl (C=O) groups is 3. The van der Waals surface area contributed by atoms with E-state index in [0.717, 1.165) is 0 Å². The van der Waals surface area contributed by atoms with Crippen LogP contribution in [0.2, 0.25) is 0 Å². The van der Waals surface area contributed by atoms with Crippen LogP contribution in [0.1, 0.15) is 20.7 Å². The summed E-state index contributed by atoms with van der Waals surface area (Å²) in [5, 5.41) is 2.52. The lowest BCUT2D eigenvalue weighted by molar-refractivity contribution is -0.119. The summed E-state index contributed by atoms with van der Waals surface area (Å²) in [6.07, 6.45) is 0. The van der Waals surface area contributed by atoms with Gasteiger partial charge in [0.2, 0.25) is 5.91 Å². The van der Waals surface area contributed by atoms with Crippen molar-refractivity contribution in [2.45, 2.75) is 4.90 Å². The van der Waals surface area contributed by atoms with Gasteiger partial charge in [-0.05, 0) is 60.7 Å². The summed E-state index contributed by atoms with van der Waals surface area (Å²) < 4.78 is 43.7. The summed E-state index contributed by atoms with van der Waals surface area (Å²) in [5.41, 5.74) is 6.19. The highest BCUT2D eigenvalue weighted by Crippen LogP contribution is 2.32. The average Bonchev–Trinajstić information content (AvgIpc) is 2.87. The third kappa shape index (κ3) is 5.91. The van der Waals surface area contributed by atoms with Gasteiger partial charge in [0, 0.05) is 23.0 Å². The fourth-order valence-corrected chi connectivity index (χ4v) is 4.28. The lowest BCUT2D eigenvalue weighted by Gasteiger charge is -2.19. The number of sulfonamides is 1. The molecule has 12 heteroatoms. The Morgan fingerprint density at radius 2 is 1.44 bits per heavy atom. The number of nitrogens with two attached hydrogens (primary N) is 1. The summed E-state index contributed by atoms with van der Waals surface area (Å²) in [6.45, 7) is 0.172. The second-order valence-corrected chi connectivity index (χ2v) is 9.24. The molecule has 0 aromatic heterocycles. The van der Waals surface area contributed by atoms with Crippen molar-refractivity contribution in [3.63, 3.8) is 0 Å². The molecule has 0 aliphatic carbocycles. The molecule has 1 aliphatic heterocycles. The van der Waals surface area contributed by atoms with Crippen LogP contribution in [0.25, 0.3) is 0 Å². The number of ether oxygens (including phenoxy) is 3. The first-order valence-corrected chi connectivity index (χ1v) is 12.1. The van der Waals surface area contributed by atoms with Crippen molar-refractivity contribution in [1.82, 2.24) is 0 Å². The van der Waals surface area contributed by atoms with E-state index in [-0.39, 0.29) is 21.7 Å². The van der Waals surface area contributed by atoms with Crippen molar-refractivity contribution >= 4 is 39.2 Å². The number of esters is 1. The van der Waals surface area contributed by atoms with Crippen molar-refractivity contribution in [3.05, 3.63) is 77.9 Å². The van der Waals surface area contributed by atoms with Gasteiger partial charge in [0.1, 0.15) is 13.2 Å². The monoisotopic (exact) mass is 511 g/mol. The van der Waals surface area contributed by atoms with Gasteiger partial charge in [-0.2, -0.15) is 0 Å². The molecule has 0 bridgehead atoms. The summed E-state index contributed by atoms with van der Waals surface area (Å²) in [7, 11) is -3.92. The number of carbonyl (C=O) groups excluding carboxylic acids is 3. The molecule has 0 fully saturated rings. The van der Waals surface area contributed by atoms with Crippen molar-refractivity contribution in [1.29, 1.82) is 0 Å². The molecule has 0 radical (unpaired) electrons. The minimum absolute atomic E-state index is 0.00878. The van der Waals surface area contributed by atoms with Gasteiger partial charge in [-0.25, -0.2) is 13.2 Å². The number of hydrogen-bond acceptors (Lipinski definition) is 8. The van der Waals surface area contributed by atoms with E-state index in [4.69, 9.17) is 19.9 Å². The molecule has 2 amide bonds. The number of amides is 2. The molecular formula is C24H21N3O8S. The van der Waals surface area contributed by atoms with E-state index >= 15 is 0 Å². The quantitative estimate of drug-likeness (QED) is 0.387. The normalized spacial score (nSPS) is 12.3. The van der Waals surface area contributed by atoms with Crippen molar-refractivity contribution < 1.29 is 37.0 Å². The Morgan fingerprint density at radius 3 is 2.11 bits per heavy atom. The van der Waals surface area contributed by atoms with E-state index in [1.54, 1.807) is 0 Å². The van der Waals surface area contributed by atoms with Gasteiger partial charge in [-0.3, -0.25) is 14.3 Å². The zero-order chi connectivity index (χ0) is 25.7. The molecule has 0 atom stereocenters. The lowest BCUT2D eigenvalue weighted by Crippen LogP contribution is -2.21. The van der Waals surface area contributed by atoms with Crippen LogP contribution < -0.4 is 25.2 Å². The highest BCUT2D eigenvalue weighted by Gasteiger charge is 2.20. The topological polar surface area (TPSA) is 163 Å². The molecule has 0 spiro atoms. The number of hydrogen-bond donors (Lipinski definition) is 3. The van der Waals surface area contributed by atoms with Gasteiger partial charge in [-0.15, -0.1) is 0 Å². The van der Waals surface area contributed by atoms with Crippen LogP contribution in [0, 0.1) is 0 Å². The van der Waals surface area contributed by atoms with Crippen LogP contribution in [0.4, 0.5) is 11.4 Å². The van der Waals surface area contributed by atoms with Crippen LogP contribution >= 0.6 is 0 Å². The fraction of sp³-hybridized carbons (Fsp3) is 0.125. The highest BCUT2D eigenvalue weighted by atomic mass is 32.2. The predicted octanol–water partition coefficient (Wildman–Crippen LogP) is 2.15. The van der Waals surface area contributed by atoms with Gasteiger partial charge in [0.25, 0.3) is 15.9 Å². The van der Waals surface area contributed by atoms with Crippen LogP contribution in [0.15, 0.2) is 71.6 Å². The second kappa shape index (κ2) is 10.4. The summed E-state index contributed by atoms with van der Waals surface area (Å²) in [6, 6.07) is 15.7. The Labute approximate surface area is 206 Å². The highest BCUT2D eigenvalue weighted by molar-refractivity contribution is 7.92. The van der Waals surface area contributed by atoms with Crippen molar-refractivity contribution in [3.8, 4) is 11.5 Å². The molecule has 4 rings (SSSR count). The number of fused-ring (bicyclic) bond motifs is 1. The molecule has 11 nitrogen and oxygen atoms in total. The first-order chi connectivity index (χ1) is 17.2. The lowest BCUT2D eigenvalue weighted by atomic mass is 10.2. The maximum atomic E-state index is 12.7. The molecule has 1 aliphatic rings. The number of benzene rings is 3. The summed E-state index contributed by atoms with van der Waals surface area (Å²) >= 11 is 0. The van der Waals surface area contributed by atoms with E-state index in [0.29, 0.717) is 30.4 Å². The molecule has 3 aromatic carbocycles. The Kier molecular flexibility index (Phi) is 7.06. The van der Waals surface area contributed by atoms with Crippen LogP contribution in [-0.2, 0) is 19.6 Å². The molecule has 0 saturated heterocycles. The molecule has 0 unspecified atom stereocenters. The van der Waals surface area contributed by atoms with Gasteiger partial charge in [-0.1, -0.05) is 0 Å². The van der Waals surface area contributed by atoms with E-state index < -0.39 is 34.4 Å². The Morgan fingerprint density at radius 1 is 0.833 bits per heavy atom. The first kappa shape index (κ1) is 24.5. The summed E-state index contributed by atoms with van der Waals surface area (Å²) in [4.78, 5) is 35.4. The molecule has 3 aromatic rings. The maximum absolute atomic E-state index is 12.7. The number of nitrogens with one attached hydrogen (secondary N) is 2. The van der Waals surface area contributed by atoms with Crippen molar-refractivity contribution in [2.75, 3.05) is 29.9 Å². The zero-order valence-electron chi connectivity index (χ0n) is 18.7. The van der Waals surface area contributed by atoms with E-state index in [9.17, 15) is 22.8 Å². The number of anilines is 2. The van der Waals surface area contributed by atoms with Gasteiger partial charge >= 0.3 is 5.97 Å². The SMILES string of the molecule is NC(=O)c1ccc(NC(=O)COC(=O)c2ccc(NS(=O)(=O)c3ccc4c(c3)OCCO4)cc2)cc1. The fourth-order valence-electron chi connectivity index (χ4n) is 3.21. The molecular weight excluding hydrogens is 490 g/mol. The zero-order valence-corrected chi connectivity index (χ0v) is 19.5. The Bertz CT molecular complexity index is 1400. The van der Waals surface area contributed by atoms with Crippen LogP contribution in [-0.4, -0.2) is 46.0 Å². The first-order valence-electron chi connectivity index (χ1n) is 10.6. The smallest absolute Gasteiger partial charge is 0.338 e. The van der Waals surface area contributed by atoms with E-state index in [2.05, 4.69) is 10.0 Å². The third-order valence-corrected chi connectivity index (χ3v) is 6.36. The van der Waals surface area contributed by atoms with Gasteiger partial charge in [0.05, 0.1) is 10.5 Å². The molecule has 0 saturated carbocycles. The van der Waals surface area contributed by atoms with Crippen LogP contribution in [0.3, 0.4) is 0 Å². The second-order valence-electron chi connectivity index (χ2n) is 7.55. The predicted molar refractivity (Wildman–Crippen MR) is 129 cm³/mol. The van der Waals surface area contributed by atoms with Crippen molar-refractivity contribution in [2.24, 2.45) is 5.73 Å². The van der Waals surface area contributed by atoms with Gasteiger partial charge in [0.15, 0.2) is 18.1 Å². The van der Waals surface area contributed by atoms with Crippen LogP contribution in [0.5, 0.6) is 11.5 Å². The standard InChI is InChI=1S/C24H21N3O8S/c25-23(29)15-1-5-17(6-2-15)26-22(28)14-35-24(30)16-3-7-18(8-4-16)27-36(31,32)19-9-10-20-21(13-19)34-12-11-33-20/h1-10,13,27H,11-12,14H2,(H2,25,29)(H,26,28). The average molecular weight is 512 g/mol. The van der Waals surface area contributed by atoms with Gasteiger partial charge < -0.3 is 25.3 Å². The largest absolute Gasteiger partial charge is 0.486 e. The number of primary amides is 1. The summed E-state index contributed by atoms with van der Waals surface area (Å²) in [5.74, 6) is -1.13. The van der Waals surface area contributed by atoms with E-state index in [1.807, 2.05) is 0 Å². The molecule has 4 N–H and O–H groups in total. The maximum Gasteiger partial charge on any atom is 0.338 e. The van der Waals surface area contributed by atoms with E-state index in [1.165, 1.54) is 66.7 Å². The Balaban J connectivity index is 1.31. The third-order valence-electron chi connectivity index (χ3n) is 4.98. The number of rotatable bonds is 8. The minimum Gasteiger partial charge on any atom is -0.486 e. The minimum atomic E-state index is -3.92. The Hall–Kier alpha value is -4.58. The molecule has 36 heavy (non-hydrogen) atoms.